The van der Waals surface area contributed by atoms with Gasteiger partial charge >= 0.3 is 0 Å². The van der Waals surface area contributed by atoms with Crippen LogP contribution in [0.4, 0.5) is 0 Å². The third-order valence-corrected chi connectivity index (χ3v) is 2.96. The maximum atomic E-state index is 11.3. The Bertz CT molecular complexity index is 770. The molecule has 3 aromatic rings. The van der Waals surface area contributed by atoms with Crippen LogP contribution in [0.2, 0.25) is 0 Å². The molecule has 0 aliphatic rings. The lowest BCUT2D eigenvalue weighted by molar-refractivity contribution is 0.0903. The fourth-order valence-electron chi connectivity index (χ4n) is 1.86. The van der Waals surface area contributed by atoms with Gasteiger partial charge in [-0.1, -0.05) is 24.3 Å². The van der Waals surface area contributed by atoms with E-state index in [1.54, 1.807) is 42.7 Å². The van der Waals surface area contributed by atoms with Gasteiger partial charge in [0, 0.05) is 18.0 Å². The molecule has 0 aliphatic heterocycles. The predicted molar refractivity (Wildman–Crippen MR) is 75.8 cm³/mol. The van der Waals surface area contributed by atoms with Gasteiger partial charge in [0.05, 0.1) is 6.54 Å². The highest BCUT2D eigenvalue weighted by molar-refractivity contribution is 5.96. The van der Waals surface area contributed by atoms with Crippen LogP contribution in [0.25, 0.3) is 11.6 Å². The quantitative estimate of drug-likeness (QED) is 0.677. The third-order valence-electron chi connectivity index (χ3n) is 2.96. The Hall–Kier alpha value is -3.00. The van der Waals surface area contributed by atoms with E-state index in [-0.39, 0.29) is 5.78 Å². The van der Waals surface area contributed by atoms with Gasteiger partial charge in [-0.05, 0) is 16.8 Å². The summed E-state index contributed by atoms with van der Waals surface area (Å²) in [5.41, 5.74) is 1.38. The van der Waals surface area contributed by atoms with Crippen LogP contribution in [-0.2, 0) is 6.54 Å². The molecule has 0 unspecified atom stereocenters. The van der Waals surface area contributed by atoms with Crippen molar-refractivity contribution in [2.24, 2.45) is 0 Å². The Labute approximate surface area is 125 Å². The number of carbonyl (C=O) groups is 1. The van der Waals surface area contributed by atoms with Gasteiger partial charge in [-0.2, -0.15) is 4.80 Å². The van der Waals surface area contributed by atoms with Crippen LogP contribution in [0.15, 0.2) is 42.7 Å². The summed E-state index contributed by atoms with van der Waals surface area (Å²) in [4.78, 5) is 20.9. The first kappa shape index (κ1) is 14.0. The molecular weight excluding hydrogens is 284 g/mol. The molecule has 2 heterocycles. The Morgan fingerprint density at radius 1 is 1.09 bits per heavy atom. The van der Waals surface area contributed by atoms with E-state index < -0.39 is 6.61 Å². The van der Waals surface area contributed by atoms with Crippen LogP contribution < -0.4 is 0 Å². The lowest BCUT2D eigenvalue weighted by atomic mass is 10.1. The van der Waals surface area contributed by atoms with Gasteiger partial charge in [0.25, 0.3) is 0 Å². The van der Waals surface area contributed by atoms with Gasteiger partial charge in [-0.15, -0.1) is 10.2 Å². The lowest BCUT2D eigenvalue weighted by Gasteiger charge is -2.01. The minimum Gasteiger partial charge on any atom is -0.388 e. The van der Waals surface area contributed by atoms with Crippen LogP contribution >= 0.6 is 0 Å². The number of aliphatic hydroxyl groups excluding tert-OH is 1. The Morgan fingerprint density at radius 3 is 2.50 bits per heavy atom. The minimum atomic E-state index is -0.496. The minimum absolute atomic E-state index is 0.311. The smallest absolute Gasteiger partial charge is 0.242 e. The van der Waals surface area contributed by atoms with Gasteiger partial charge in [0.2, 0.25) is 11.6 Å². The van der Waals surface area contributed by atoms with Crippen molar-refractivity contribution in [1.29, 1.82) is 0 Å². The summed E-state index contributed by atoms with van der Waals surface area (Å²) in [5.74, 6) is 0.458. The monoisotopic (exact) mass is 296 g/mol. The molecule has 0 saturated carbocycles. The predicted octanol–water partition coefficient (Wildman–Crippen LogP) is 0.353. The molecule has 2 aromatic heterocycles. The number of Topliss-reactive ketones (excluding diaryl/α,β-unsaturated/α-hetero) is 1. The Kier molecular flexibility index (Phi) is 3.92. The van der Waals surface area contributed by atoms with Crippen molar-refractivity contribution in [2.75, 3.05) is 6.61 Å². The van der Waals surface area contributed by atoms with Crippen LogP contribution in [0.5, 0.6) is 0 Å². The number of carbonyl (C=O) groups excluding carboxylic acids is 1. The normalized spacial score (nSPS) is 10.6. The fraction of sp³-hybridized carbons (Fsp3) is 0.143. The van der Waals surface area contributed by atoms with E-state index in [1.807, 2.05) is 0 Å². The summed E-state index contributed by atoms with van der Waals surface area (Å²) in [5, 5.41) is 20.9. The zero-order chi connectivity index (χ0) is 15.4. The number of ketones is 1. The molecule has 3 rings (SSSR count). The van der Waals surface area contributed by atoms with Crippen molar-refractivity contribution in [1.82, 2.24) is 30.2 Å². The van der Waals surface area contributed by atoms with Gasteiger partial charge in [0.15, 0.2) is 5.78 Å². The highest BCUT2D eigenvalue weighted by Crippen LogP contribution is 2.08. The van der Waals surface area contributed by atoms with Crippen LogP contribution in [-0.4, -0.2) is 47.7 Å². The summed E-state index contributed by atoms with van der Waals surface area (Å²) in [6.45, 7) is -0.0855. The summed E-state index contributed by atoms with van der Waals surface area (Å²) in [6.07, 6.45) is 3.22. The first-order chi connectivity index (χ1) is 10.8. The molecule has 8 nitrogen and oxygen atoms in total. The van der Waals surface area contributed by atoms with Crippen molar-refractivity contribution in [3.05, 3.63) is 53.9 Å². The second-order valence-electron chi connectivity index (χ2n) is 4.49. The van der Waals surface area contributed by atoms with E-state index in [2.05, 4.69) is 25.4 Å². The van der Waals surface area contributed by atoms with E-state index in [1.165, 1.54) is 4.80 Å². The molecule has 1 N–H and O–H groups in total. The molecule has 22 heavy (non-hydrogen) atoms. The number of aliphatic hydroxyl groups is 1. The summed E-state index contributed by atoms with van der Waals surface area (Å²) in [7, 11) is 0. The summed E-state index contributed by atoms with van der Waals surface area (Å²) < 4.78 is 0. The van der Waals surface area contributed by atoms with E-state index in [9.17, 15) is 4.79 Å². The molecule has 1 aromatic carbocycles. The first-order valence-corrected chi connectivity index (χ1v) is 6.54. The number of hydrogen-bond acceptors (Lipinski definition) is 7. The molecule has 0 aliphatic carbocycles. The largest absolute Gasteiger partial charge is 0.388 e. The van der Waals surface area contributed by atoms with E-state index in [0.717, 1.165) is 5.56 Å². The average Bonchev–Trinajstić information content (AvgIpc) is 3.04. The fourth-order valence-corrected chi connectivity index (χ4v) is 1.86. The molecule has 0 fully saturated rings. The molecular formula is C14H12N6O2. The molecule has 8 heteroatoms. The summed E-state index contributed by atoms with van der Waals surface area (Å²) >= 11 is 0. The van der Waals surface area contributed by atoms with Crippen LogP contribution in [0, 0.1) is 0 Å². The number of tetrazole rings is 1. The van der Waals surface area contributed by atoms with Gasteiger partial charge in [-0.25, -0.2) is 9.97 Å². The highest BCUT2D eigenvalue weighted by Gasteiger charge is 2.09. The maximum absolute atomic E-state index is 11.3. The number of benzene rings is 1. The molecule has 110 valence electrons. The van der Waals surface area contributed by atoms with E-state index in [4.69, 9.17) is 5.11 Å². The standard InChI is InChI=1S/C14H12N6O2/c21-9-12(22)11-4-2-10(3-5-11)8-20-18-14(17-19-20)13-15-6-1-7-16-13/h1-7,21H,8-9H2. The van der Waals surface area contributed by atoms with Crippen molar-refractivity contribution in [3.8, 4) is 11.6 Å². The van der Waals surface area contributed by atoms with Crippen LogP contribution in [0.1, 0.15) is 15.9 Å². The van der Waals surface area contributed by atoms with Gasteiger partial charge < -0.3 is 5.11 Å². The van der Waals surface area contributed by atoms with Crippen molar-refractivity contribution in [2.45, 2.75) is 6.54 Å². The SMILES string of the molecule is O=C(CO)c1ccc(Cn2nnc(-c3ncccn3)n2)cc1. The second-order valence-corrected chi connectivity index (χ2v) is 4.49. The second kappa shape index (κ2) is 6.19. The van der Waals surface area contributed by atoms with Gasteiger partial charge in [-0.3, -0.25) is 4.79 Å². The molecule has 0 saturated heterocycles. The molecule has 0 atom stereocenters. The number of hydrogen-bond donors (Lipinski definition) is 1. The number of aromatic nitrogens is 6. The molecule has 0 bridgehead atoms. The van der Waals surface area contributed by atoms with Crippen molar-refractivity contribution >= 4 is 5.78 Å². The molecule has 0 amide bonds. The van der Waals surface area contributed by atoms with Gasteiger partial charge in [0.1, 0.15) is 6.61 Å². The summed E-state index contributed by atoms with van der Waals surface area (Å²) in [6, 6.07) is 8.59. The van der Waals surface area contributed by atoms with E-state index in [0.29, 0.717) is 23.8 Å². The number of rotatable bonds is 5. The first-order valence-electron chi connectivity index (χ1n) is 6.54. The topological polar surface area (TPSA) is 107 Å². The zero-order valence-corrected chi connectivity index (χ0v) is 11.5. The number of nitrogens with zero attached hydrogens (tertiary/aromatic N) is 6. The Balaban J connectivity index is 1.74. The van der Waals surface area contributed by atoms with Crippen molar-refractivity contribution < 1.29 is 9.90 Å². The van der Waals surface area contributed by atoms with E-state index >= 15 is 0 Å². The van der Waals surface area contributed by atoms with Crippen molar-refractivity contribution in [3.63, 3.8) is 0 Å². The third kappa shape index (κ3) is 3.01. The Morgan fingerprint density at radius 2 is 1.82 bits per heavy atom. The average molecular weight is 296 g/mol. The molecule has 0 radical (unpaired) electrons. The molecule has 0 spiro atoms. The highest BCUT2D eigenvalue weighted by atomic mass is 16.3. The van der Waals surface area contributed by atoms with Crippen LogP contribution in [0.3, 0.4) is 0 Å². The lowest BCUT2D eigenvalue weighted by Crippen LogP contribution is -2.06. The maximum Gasteiger partial charge on any atom is 0.242 e. The zero-order valence-electron chi connectivity index (χ0n) is 11.5.